The van der Waals surface area contributed by atoms with Crippen LogP contribution in [-0.2, 0) is 0 Å². The fourth-order valence-electron chi connectivity index (χ4n) is 2.93. The fraction of sp³-hybridized carbons (Fsp3) is 0.533. The minimum Gasteiger partial charge on any atom is -0.477 e. The molecule has 1 fully saturated rings. The first-order valence-corrected chi connectivity index (χ1v) is 7.39. The number of nitrogens with zero attached hydrogens (tertiary/aromatic N) is 4. The van der Waals surface area contributed by atoms with Gasteiger partial charge in [-0.05, 0) is 51.9 Å². The van der Waals surface area contributed by atoms with E-state index in [2.05, 4.69) is 28.8 Å². The highest BCUT2D eigenvalue weighted by atomic mass is 16.4. The highest BCUT2D eigenvalue weighted by Gasteiger charge is 2.25. The summed E-state index contributed by atoms with van der Waals surface area (Å²) in [6, 6.07) is 5.62. The van der Waals surface area contributed by atoms with Gasteiger partial charge in [0.1, 0.15) is 0 Å². The molecule has 1 saturated heterocycles. The third-order valence-electron chi connectivity index (χ3n) is 4.22. The van der Waals surface area contributed by atoms with E-state index < -0.39 is 5.97 Å². The number of hydrogen-bond donors (Lipinski definition) is 1. The maximum atomic E-state index is 11.2. The molecule has 2 aromatic heterocycles. The quantitative estimate of drug-likeness (QED) is 0.935. The molecule has 1 aliphatic heterocycles. The van der Waals surface area contributed by atoms with E-state index in [0.717, 1.165) is 31.8 Å². The molecular formula is C15H20N4O2. The lowest BCUT2D eigenvalue weighted by Gasteiger charge is -2.33. The minimum atomic E-state index is -0.980. The fourth-order valence-corrected chi connectivity index (χ4v) is 2.93. The van der Waals surface area contributed by atoms with Gasteiger partial charge in [-0.1, -0.05) is 6.07 Å². The monoisotopic (exact) mass is 288 g/mol. The molecule has 2 aromatic rings. The van der Waals surface area contributed by atoms with Crippen molar-refractivity contribution in [3.63, 3.8) is 0 Å². The number of carboxylic acids is 1. The average Bonchev–Trinajstić information content (AvgIpc) is 2.90. The SMILES string of the molecule is CC(C)N1CCC(c2nc3cccc(C(=O)O)n3n2)CC1. The molecule has 1 N–H and O–H groups in total. The van der Waals surface area contributed by atoms with Gasteiger partial charge < -0.3 is 10.0 Å². The number of carbonyl (C=O) groups is 1. The van der Waals surface area contributed by atoms with E-state index in [-0.39, 0.29) is 5.69 Å². The highest BCUT2D eigenvalue weighted by molar-refractivity contribution is 5.86. The molecule has 0 unspecified atom stereocenters. The number of likely N-dealkylation sites (tertiary alicyclic amines) is 1. The maximum absolute atomic E-state index is 11.2. The van der Waals surface area contributed by atoms with Crippen LogP contribution in [0.25, 0.3) is 5.65 Å². The van der Waals surface area contributed by atoms with Crippen molar-refractivity contribution in [2.75, 3.05) is 13.1 Å². The van der Waals surface area contributed by atoms with Crippen LogP contribution in [0.15, 0.2) is 18.2 Å². The third-order valence-corrected chi connectivity index (χ3v) is 4.22. The molecule has 6 heteroatoms. The van der Waals surface area contributed by atoms with Crippen molar-refractivity contribution in [1.82, 2.24) is 19.5 Å². The molecule has 0 spiro atoms. The molecule has 0 radical (unpaired) electrons. The second-order valence-corrected chi connectivity index (χ2v) is 5.86. The molecule has 1 aliphatic rings. The number of pyridine rings is 1. The van der Waals surface area contributed by atoms with Gasteiger partial charge in [0.25, 0.3) is 0 Å². The Bertz CT molecular complexity index is 657. The van der Waals surface area contributed by atoms with Gasteiger partial charge in [-0.25, -0.2) is 14.3 Å². The second-order valence-electron chi connectivity index (χ2n) is 5.86. The van der Waals surface area contributed by atoms with E-state index in [4.69, 9.17) is 0 Å². The van der Waals surface area contributed by atoms with Crippen LogP contribution >= 0.6 is 0 Å². The Labute approximate surface area is 123 Å². The van der Waals surface area contributed by atoms with Crippen LogP contribution in [0.5, 0.6) is 0 Å². The molecule has 0 amide bonds. The number of rotatable bonds is 3. The van der Waals surface area contributed by atoms with Gasteiger partial charge in [-0.2, -0.15) is 5.10 Å². The average molecular weight is 288 g/mol. The Hall–Kier alpha value is -1.95. The number of aromatic carboxylic acids is 1. The summed E-state index contributed by atoms with van der Waals surface area (Å²) < 4.78 is 1.44. The Morgan fingerprint density at radius 3 is 2.67 bits per heavy atom. The van der Waals surface area contributed by atoms with Crippen molar-refractivity contribution in [3.8, 4) is 0 Å². The summed E-state index contributed by atoms with van der Waals surface area (Å²) in [6.45, 7) is 6.51. The zero-order valence-corrected chi connectivity index (χ0v) is 12.4. The predicted molar refractivity (Wildman–Crippen MR) is 78.6 cm³/mol. The summed E-state index contributed by atoms with van der Waals surface area (Å²) in [7, 11) is 0. The zero-order chi connectivity index (χ0) is 15.0. The zero-order valence-electron chi connectivity index (χ0n) is 12.4. The molecule has 0 aliphatic carbocycles. The van der Waals surface area contributed by atoms with Gasteiger partial charge >= 0.3 is 5.97 Å². The van der Waals surface area contributed by atoms with Crippen LogP contribution in [0.2, 0.25) is 0 Å². The van der Waals surface area contributed by atoms with Crippen molar-refractivity contribution in [3.05, 3.63) is 29.7 Å². The van der Waals surface area contributed by atoms with E-state index in [1.165, 1.54) is 4.52 Å². The summed E-state index contributed by atoms with van der Waals surface area (Å²) in [5, 5.41) is 13.6. The molecule has 3 heterocycles. The molecule has 0 aromatic carbocycles. The standard InChI is InChI=1S/C15H20N4O2/c1-10(2)18-8-6-11(7-9-18)14-16-13-5-3-4-12(15(20)21)19(13)17-14/h3-5,10-11H,6-9H2,1-2H3,(H,20,21). The number of carboxylic acid groups (broad SMARTS) is 1. The number of aromatic nitrogens is 3. The highest BCUT2D eigenvalue weighted by Crippen LogP contribution is 2.27. The van der Waals surface area contributed by atoms with Crippen LogP contribution in [0.3, 0.4) is 0 Å². The number of piperidine rings is 1. The molecular weight excluding hydrogens is 268 g/mol. The summed E-state index contributed by atoms with van der Waals surface area (Å²) >= 11 is 0. The topological polar surface area (TPSA) is 70.7 Å². The summed E-state index contributed by atoms with van der Waals surface area (Å²) in [6.07, 6.45) is 2.05. The lowest BCUT2D eigenvalue weighted by molar-refractivity contribution is 0.0687. The molecule has 6 nitrogen and oxygen atoms in total. The minimum absolute atomic E-state index is 0.158. The number of fused-ring (bicyclic) bond motifs is 1. The van der Waals surface area contributed by atoms with Gasteiger partial charge in [0.15, 0.2) is 17.2 Å². The van der Waals surface area contributed by atoms with Gasteiger partial charge in [0.2, 0.25) is 0 Å². The van der Waals surface area contributed by atoms with Gasteiger partial charge in [-0.3, -0.25) is 0 Å². The largest absolute Gasteiger partial charge is 0.477 e. The van der Waals surface area contributed by atoms with E-state index in [1.807, 2.05) is 0 Å². The van der Waals surface area contributed by atoms with Crippen LogP contribution < -0.4 is 0 Å². The Morgan fingerprint density at radius 1 is 1.33 bits per heavy atom. The van der Waals surface area contributed by atoms with Crippen molar-refractivity contribution in [2.45, 2.75) is 38.6 Å². The van der Waals surface area contributed by atoms with Crippen molar-refractivity contribution in [2.24, 2.45) is 0 Å². The van der Waals surface area contributed by atoms with Crippen LogP contribution in [0.4, 0.5) is 0 Å². The van der Waals surface area contributed by atoms with Crippen molar-refractivity contribution < 1.29 is 9.90 Å². The van der Waals surface area contributed by atoms with Crippen LogP contribution in [0.1, 0.15) is 48.9 Å². The van der Waals surface area contributed by atoms with E-state index in [1.54, 1.807) is 18.2 Å². The van der Waals surface area contributed by atoms with Crippen LogP contribution in [0, 0.1) is 0 Å². The molecule has 112 valence electrons. The summed E-state index contributed by atoms with van der Waals surface area (Å²) in [5.41, 5.74) is 0.766. The molecule has 3 rings (SSSR count). The number of hydrogen-bond acceptors (Lipinski definition) is 4. The van der Waals surface area contributed by atoms with Gasteiger partial charge in [0, 0.05) is 12.0 Å². The lowest BCUT2D eigenvalue weighted by atomic mass is 9.95. The molecule has 21 heavy (non-hydrogen) atoms. The van der Waals surface area contributed by atoms with Crippen molar-refractivity contribution >= 4 is 11.6 Å². The van der Waals surface area contributed by atoms with Crippen molar-refractivity contribution in [1.29, 1.82) is 0 Å². The smallest absolute Gasteiger partial charge is 0.354 e. The van der Waals surface area contributed by atoms with E-state index in [0.29, 0.717) is 17.6 Å². The Morgan fingerprint density at radius 2 is 2.05 bits per heavy atom. The van der Waals surface area contributed by atoms with Gasteiger partial charge in [-0.15, -0.1) is 0 Å². The Kier molecular flexibility index (Phi) is 3.63. The Balaban J connectivity index is 1.86. The lowest BCUT2D eigenvalue weighted by Crippen LogP contribution is -2.38. The summed E-state index contributed by atoms with van der Waals surface area (Å²) in [5.74, 6) is 0.111. The maximum Gasteiger partial charge on any atom is 0.354 e. The molecule has 0 bridgehead atoms. The van der Waals surface area contributed by atoms with E-state index in [9.17, 15) is 9.90 Å². The summed E-state index contributed by atoms with van der Waals surface area (Å²) in [4.78, 5) is 18.2. The first-order chi connectivity index (χ1) is 10.1. The molecule has 0 saturated carbocycles. The normalized spacial score (nSPS) is 17.7. The molecule has 0 atom stereocenters. The van der Waals surface area contributed by atoms with Gasteiger partial charge in [0.05, 0.1) is 0 Å². The third kappa shape index (κ3) is 2.63. The predicted octanol–water partition coefficient (Wildman–Crippen LogP) is 2.02. The second kappa shape index (κ2) is 5.44. The first kappa shape index (κ1) is 14.0. The van der Waals surface area contributed by atoms with E-state index >= 15 is 0 Å². The first-order valence-electron chi connectivity index (χ1n) is 7.39. The van der Waals surface area contributed by atoms with Crippen LogP contribution in [-0.4, -0.2) is 49.7 Å².